The van der Waals surface area contributed by atoms with Gasteiger partial charge < -0.3 is 10.6 Å². The van der Waals surface area contributed by atoms with E-state index >= 15 is 0 Å². The minimum Gasteiger partial charge on any atom is -0.392 e. The van der Waals surface area contributed by atoms with Crippen LogP contribution in [0.5, 0.6) is 0 Å². The Labute approximate surface area is 125 Å². The Hall–Kier alpha value is -1.49. The van der Waals surface area contributed by atoms with Crippen molar-refractivity contribution in [1.29, 1.82) is 0 Å². The summed E-state index contributed by atoms with van der Waals surface area (Å²) in [6, 6.07) is 3.93. The monoisotopic (exact) mass is 291 g/mol. The number of carbonyl (C=O) groups is 1. The smallest absolute Gasteiger partial charge is 0.235 e. The van der Waals surface area contributed by atoms with E-state index in [-0.39, 0.29) is 5.91 Å². The molecule has 0 saturated heterocycles. The molecule has 0 atom stereocenters. The lowest BCUT2D eigenvalue weighted by molar-refractivity contribution is -0.142. The van der Waals surface area contributed by atoms with E-state index < -0.39 is 5.41 Å². The minimum atomic E-state index is -0.595. The molecule has 0 aromatic carbocycles. The second kappa shape index (κ2) is 5.87. The molecule has 1 aliphatic carbocycles. The minimum absolute atomic E-state index is 0.0668. The molecule has 1 heterocycles. The van der Waals surface area contributed by atoms with Crippen molar-refractivity contribution in [2.45, 2.75) is 26.2 Å². The van der Waals surface area contributed by atoms with Crippen LogP contribution in [-0.2, 0) is 11.2 Å². The molecule has 108 valence electrons. The quantitative estimate of drug-likeness (QED) is 0.840. The van der Waals surface area contributed by atoms with Gasteiger partial charge in [-0.1, -0.05) is 19.1 Å². The molecule has 20 heavy (non-hydrogen) atoms. The molecule has 5 heteroatoms. The fraction of sp³-hybridized carbons (Fsp3) is 0.533. The summed E-state index contributed by atoms with van der Waals surface area (Å²) in [4.78, 5) is 18.7. The van der Waals surface area contributed by atoms with Crippen molar-refractivity contribution in [3.8, 4) is 0 Å². The molecule has 0 unspecified atom stereocenters. The first-order valence-electron chi connectivity index (χ1n) is 6.90. The van der Waals surface area contributed by atoms with Gasteiger partial charge in [0.25, 0.3) is 0 Å². The summed E-state index contributed by atoms with van der Waals surface area (Å²) in [5, 5.41) is 0. The highest BCUT2D eigenvalue weighted by atomic mass is 32.1. The second-order valence-electron chi connectivity index (χ2n) is 5.79. The predicted molar refractivity (Wildman–Crippen MR) is 83.2 cm³/mol. The van der Waals surface area contributed by atoms with Crippen LogP contribution in [0.1, 0.15) is 25.3 Å². The molecule has 1 fully saturated rings. The van der Waals surface area contributed by atoms with Crippen molar-refractivity contribution >= 4 is 23.1 Å². The third-order valence-electron chi connectivity index (χ3n) is 4.11. The molecule has 1 amide bonds. The van der Waals surface area contributed by atoms with Crippen LogP contribution in [0.15, 0.2) is 24.5 Å². The van der Waals surface area contributed by atoms with Crippen LogP contribution in [0, 0.1) is 11.3 Å². The number of amides is 1. The maximum atomic E-state index is 12.6. The van der Waals surface area contributed by atoms with Crippen molar-refractivity contribution in [3.63, 3.8) is 0 Å². The van der Waals surface area contributed by atoms with E-state index in [1.165, 1.54) is 5.56 Å². The van der Waals surface area contributed by atoms with Crippen molar-refractivity contribution in [2.75, 3.05) is 13.6 Å². The molecule has 1 aromatic rings. The van der Waals surface area contributed by atoms with Crippen molar-refractivity contribution < 1.29 is 4.79 Å². The van der Waals surface area contributed by atoms with Gasteiger partial charge in [-0.2, -0.15) is 0 Å². The van der Waals surface area contributed by atoms with E-state index in [0.717, 1.165) is 19.3 Å². The van der Waals surface area contributed by atoms with Gasteiger partial charge in [0.2, 0.25) is 5.91 Å². The van der Waals surface area contributed by atoms with Crippen LogP contribution >= 0.6 is 12.2 Å². The number of rotatable bonds is 5. The molecule has 1 aromatic heterocycles. The van der Waals surface area contributed by atoms with Crippen LogP contribution in [0.2, 0.25) is 0 Å². The van der Waals surface area contributed by atoms with E-state index in [9.17, 15) is 4.79 Å². The fourth-order valence-electron chi connectivity index (χ4n) is 2.92. The highest BCUT2D eigenvalue weighted by molar-refractivity contribution is 7.80. The molecule has 1 aliphatic rings. The Morgan fingerprint density at radius 2 is 2.10 bits per heavy atom. The summed E-state index contributed by atoms with van der Waals surface area (Å²) < 4.78 is 0. The van der Waals surface area contributed by atoms with Gasteiger partial charge in [-0.25, -0.2) is 0 Å². The zero-order valence-electron chi connectivity index (χ0n) is 12.0. The summed E-state index contributed by atoms with van der Waals surface area (Å²) in [6.45, 7) is 2.79. The van der Waals surface area contributed by atoms with Crippen molar-refractivity contribution in [3.05, 3.63) is 30.1 Å². The number of pyridine rings is 1. The van der Waals surface area contributed by atoms with E-state index in [0.29, 0.717) is 17.5 Å². The average Bonchev–Trinajstić information content (AvgIpc) is 2.41. The highest BCUT2D eigenvalue weighted by Crippen LogP contribution is 2.46. The van der Waals surface area contributed by atoms with Crippen LogP contribution in [0.25, 0.3) is 0 Å². The average molecular weight is 291 g/mol. The molecule has 2 N–H and O–H groups in total. The number of carbonyl (C=O) groups excluding carboxylic acids is 1. The maximum Gasteiger partial charge on any atom is 0.235 e. The van der Waals surface area contributed by atoms with Gasteiger partial charge in [-0.3, -0.25) is 9.78 Å². The van der Waals surface area contributed by atoms with E-state index in [4.69, 9.17) is 18.0 Å². The van der Waals surface area contributed by atoms with Gasteiger partial charge >= 0.3 is 0 Å². The van der Waals surface area contributed by atoms with Gasteiger partial charge in [-0.15, -0.1) is 0 Å². The lowest BCUT2D eigenvalue weighted by Gasteiger charge is -2.46. The zero-order valence-corrected chi connectivity index (χ0v) is 12.8. The molecule has 2 rings (SSSR count). The SMILES string of the molecule is CC1CC(C(=O)N(C)CCc2ccncc2)(C(N)=S)C1. The Kier molecular flexibility index (Phi) is 4.38. The number of hydrogen-bond acceptors (Lipinski definition) is 3. The molecule has 1 saturated carbocycles. The maximum absolute atomic E-state index is 12.6. The molecule has 0 spiro atoms. The summed E-state index contributed by atoms with van der Waals surface area (Å²) in [5.41, 5.74) is 6.39. The van der Waals surface area contributed by atoms with Crippen LogP contribution in [0.4, 0.5) is 0 Å². The van der Waals surface area contributed by atoms with Crippen molar-refractivity contribution in [2.24, 2.45) is 17.1 Å². The molecular formula is C15H21N3OS. The number of nitrogens with two attached hydrogens (primary N) is 1. The first-order valence-corrected chi connectivity index (χ1v) is 7.31. The number of hydrogen-bond donors (Lipinski definition) is 1. The Bertz CT molecular complexity index is 497. The number of aromatic nitrogens is 1. The fourth-order valence-corrected chi connectivity index (χ4v) is 3.18. The Morgan fingerprint density at radius 3 is 2.60 bits per heavy atom. The molecule has 4 nitrogen and oxygen atoms in total. The molecule has 0 aliphatic heterocycles. The van der Waals surface area contributed by atoms with Crippen LogP contribution in [-0.4, -0.2) is 34.4 Å². The van der Waals surface area contributed by atoms with E-state index in [1.807, 2.05) is 19.2 Å². The zero-order chi connectivity index (χ0) is 14.8. The number of thiocarbonyl (C=S) groups is 1. The van der Waals surface area contributed by atoms with E-state index in [1.54, 1.807) is 17.3 Å². The molecule has 0 radical (unpaired) electrons. The van der Waals surface area contributed by atoms with Gasteiger partial charge in [0.05, 0.1) is 10.4 Å². The number of nitrogens with zero attached hydrogens (tertiary/aromatic N) is 2. The Morgan fingerprint density at radius 1 is 1.50 bits per heavy atom. The summed E-state index contributed by atoms with van der Waals surface area (Å²) in [5.74, 6) is 0.589. The highest BCUT2D eigenvalue weighted by Gasteiger charge is 2.51. The van der Waals surface area contributed by atoms with Crippen molar-refractivity contribution in [1.82, 2.24) is 9.88 Å². The van der Waals surface area contributed by atoms with Crippen LogP contribution in [0.3, 0.4) is 0 Å². The second-order valence-corrected chi connectivity index (χ2v) is 6.23. The van der Waals surface area contributed by atoms with Crippen LogP contribution < -0.4 is 5.73 Å². The lowest BCUT2D eigenvalue weighted by Crippen LogP contribution is -2.56. The first-order chi connectivity index (χ1) is 9.45. The largest absolute Gasteiger partial charge is 0.392 e. The lowest BCUT2D eigenvalue weighted by atomic mass is 9.61. The standard InChI is InChI=1S/C15H21N3OS/c1-11-9-15(10-11,13(16)20)14(19)18(2)8-5-12-3-6-17-7-4-12/h3-4,6-7,11H,5,8-10H2,1-2H3,(H2,16,20). The van der Waals surface area contributed by atoms with Gasteiger partial charge in [0.15, 0.2) is 0 Å². The summed E-state index contributed by atoms with van der Waals surface area (Å²) >= 11 is 5.13. The molecular weight excluding hydrogens is 270 g/mol. The Balaban J connectivity index is 1.96. The first kappa shape index (κ1) is 14.9. The molecule has 0 bridgehead atoms. The van der Waals surface area contributed by atoms with Gasteiger partial charge in [0, 0.05) is 26.0 Å². The third-order valence-corrected chi connectivity index (χ3v) is 4.50. The summed E-state index contributed by atoms with van der Waals surface area (Å²) in [7, 11) is 1.83. The number of likely N-dealkylation sites (N-methyl/N-ethyl adjacent to an activating group) is 1. The normalized spacial score (nSPS) is 24.8. The summed E-state index contributed by atoms with van der Waals surface area (Å²) in [6.07, 6.45) is 5.90. The van der Waals surface area contributed by atoms with E-state index in [2.05, 4.69) is 11.9 Å². The topological polar surface area (TPSA) is 59.2 Å². The van der Waals surface area contributed by atoms with Gasteiger partial charge in [-0.05, 0) is 42.9 Å². The van der Waals surface area contributed by atoms with Gasteiger partial charge in [0.1, 0.15) is 0 Å². The predicted octanol–water partition coefficient (Wildman–Crippen LogP) is 1.78. The third kappa shape index (κ3) is 2.82.